The van der Waals surface area contributed by atoms with E-state index in [4.69, 9.17) is 0 Å². The van der Waals surface area contributed by atoms with E-state index in [1.807, 2.05) is 12.1 Å². The van der Waals surface area contributed by atoms with Crippen LogP contribution in [-0.4, -0.2) is 15.8 Å². The van der Waals surface area contributed by atoms with Crippen LogP contribution in [0.25, 0.3) is 10.6 Å². The maximum absolute atomic E-state index is 11.7. The summed E-state index contributed by atoms with van der Waals surface area (Å²) >= 11 is 1.50. The van der Waals surface area contributed by atoms with Gasteiger partial charge in [-0.25, -0.2) is 4.98 Å². The summed E-state index contributed by atoms with van der Waals surface area (Å²) < 4.78 is 0. The maximum atomic E-state index is 11.7. The number of hydrogen-bond acceptors (Lipinski definition) is 4. The van der Waals surface area contributed by atoms with E-state index in [2.05, 4.69) is 9.97 Å². The van der Waals surface area contributed by atoms with Gasteiger partial charge in [-0.1, -0.05) is 0 Å². The van der Waals surface area contributed by atoms with Crippen LogP contribution < -0.4 is 0 Å². The molecule has 0 saturated heterocycles. The van der Waals surface area contributed by atoms with Crippen molar-refractivity contribution < 1.29 is 4.79 Å². The van der Waals surface area contributed by atoms with Gasteiger partial charge in [0.15, 0.2) is 5.78 Å². The molecule has 0 bridgehead atoms. The van der Waals surface area contributed by atoms with E-state index in [1.165, 1.54) is 11.3 Å². The second-order valence-corrected chi connectivity index (χ2v) is 4.81. The van der Waals surface area contributed by atoms with Crippen molar-refractivity contribution in [2.45, 2.75) is 19.3 Å². The number of fused-ring (bicyclic) bond motifs is 1. The van der Waals surface area contributed by atoms with Gasteiger partial charge < -0.3 is 0 Å². The summed E-state index contributed by atoms with van der Waals surface area (Å²) in [5, 5.41) is 0.911. The third-order valence-electron chi connectivity index (χ3n) is 2.68. The molecule has 0 spiro atoms. The molecule has 2 heterocycles. The van der Waals surface area contributed by atoms with Gasteiger partial charge in [-0.15, -0.1) is 11.3 Å². The predicted molar refractivity (Wildman–Crippen MR) is 62.6 cm³/mol. The summed E-state index contributed by atoms with van der Waals surface area (Å²) in [6.45, 7) is 0. The quantitative estimate of drug-likeness (QED) is 0.756. The number of Topliss-reactive ketones (excluding diaryl/α,β-unsaturated/α-hetero) is 1. The molecule has 0 aromatic carbocycles. The van der Waals surface area contributed by atoms with Gasteiger partial charge in [-0.3, -0.25) is 9.78 Å². The molecule has 0 atom stereocenters. The summed E-state index contributed by atoms with van der Waals surface area (Å²) in [7, 11) is 0. The van der Waals surface area contributed by atoms with E-state index in [9.17, 15) is 4.79 Å². The molecular weight excluding hydrogens is 220 g/mol. The fraction of sp³-hybridized carbons (Fsp3) is 0.250. The predicted octanol–water partition coefficient (Wildman–Crippen LogP) is 2.72. The lowest BCUT2D eigenvalue weighted by molar-refractivity contribution is 0.0976. The van der Waals surface area contributed by atoms with Crippen molar-refractivity contribution in [3.63, 3.8) is 0 Å². The lowest BCUT2D eigenvalue weighted by Gasteiger charge is -2.06. The Morgan fingerprint density at radius 3 is 3.00 bits per heavy atom. The average Bonchev–Trinajstić information content (AvgIpc) is 2.76. The number of ketones is 1. The summed E-state index contributed by atoms with van der Waals surface area (Å²) in [5.41, 5.74) is 1.97. The van der Waals surface area contributed by atoms with Crippen LogP contribution in [0.1, 0.15) is 28.2 Å². The highest BCUT2D eigenvalue weighted by Crippen LogP contribution is 2.32. The van der Waals surface area contributed by atoms with Crippen molar-refractivity contribution in [1.82, 2.24) is 9.97 Å². The normalized spacial score (nSPS) is 14.9. The largest absolute Gasteiger partial charge is 0.293 e. The number of carbonyl (C=O) groups excluding carboxylic acids is 1. The van der Waals surface area contributed by atoms with E-state index in [-0.39, 0.29) is 5.78 Å². The molecule has 1 aliphatic rings. The number of aryl methyl sites for hydroxylation is 1. The zero-order valence-electron chi connectivity index (χ0n) is 8.64. The standard InChI is InChI=1S/C12H10N2OS/c15-10-5-1-4-9-11(10)16-12(14-9)8-3-2-6-13-7-8/h2-3,6-7H,1,4-5H2. The Morgan fingerprint density at radius 2 is 2.25 bits per heavy atom. The van der Waals surface area contributed by atoms with Crippen molar-refractivity contribution in [3.8, 4) is 10.6 Å². The van der Waals surface area contributed by atoms with Crippen LogP contribution in [0, 0.1) is 0 Å². The first-order valence-electron chi connectivity index (χ1n) is 5.28. The minimum Gasteiger partial charge on any atom is -0.293 e. The van der Waals surface area contributed by atoms with Gasteiger partial charge in [-0.05, 0) is 25.0 Å². The Bertz CT molecular complexity index is 533. The van der Waals surface area contributed by atoms with Crippen LogP contribution in [0.15, 0.2) is 24.5 Å². The average molecular weight is 230 g/mol. The molecule has 0 N–H and O–H groups in total. The number of carbonyl (C=O) groups is 1. The molecule has 16 heavy (non-hydrogen) atoms. The highest BCUT2D eigenvalue weighted by Gasteiger charge is 2.22. The van der Waals surface area contributed by atoms with Gasteiger partial charge >= 0.3 is 0 Å². The number of pyridine rings is 1. The first-order chi connectivity index (χ1) is 7.84. The van der Waals surface area contributed by atoms with Crippen LogP contribution in [0.5, 0.6) is 0 Å². The lowest BCUT2D eigenvalue weighted by atomic mass is 10.0. The van der Waals surface area contributed by atoms with Gasteiger partial charge in [0, 0.05) is 24.4 Å². The van der Waals surface area contributed by atoms with E-state index in [0.717, 1.165) is 34.0 Å². The van der Waals surface area contributed by atoms with E-state index in [0.29, 0.717) is 6.42 Å². The smallest absolute Gasteiger partial charge is 0.174 e. The highest BCUT2D eigenvalue weighted by molar-refractivity contribution is 7.17. The number of aromatic nitrogens is 2. The molecule has 3 nitrogen and oxygen atoms in total. The third kappa shape index (κ3) is 1.55. The van der Waals surface area contributed by atoms with Gasteiger partial charge in [-0.2, -0.15) is 0 Å². The zero-order valence-corrected chi connectivity index (χ0v) is 9.46. The lowest BCUT2D eigenvalue weighted by Crippen LogP contribution is -2.07. The molecule has 0 amide bonds. The Morgan fingerprint density at radius 1 is 1.31 bits per heavy atom. The SMILES string of the molecule is O=C1CCCc2nc(-c3cccnc3)sc21. The molecule has 0 aliphatic heterocycles. The van der Waals surface area contributed by atoms with Crippen molar-refractivity contribution >= 4 is 17.1 Å². The van der Waals surface area contributed by atoms with Crippen molar-refractivity contribution in [1.29, 1.82) is 0 Å². The van der Waals surface area contributed by atoms with E-state index >= 15 is 0 Å². The molecule has 0 unspecified atom stereocenters. The van der Waals surface area contributed by atoms with Crippen LogP contribution >= 0.6 is 11.3 Å². The zero-order chi connectivity index (χ0) is 11.0. The van der Waals surface area contributed by atoms with Crippen molar-refractivity contribution in [2.24, 2.45) is 0 Å². The molecule has 2 aromatic rings. The van der Waals surface area contributed by atoms with Crippen LogP contribution in [-0.2, 0) is 6.42 Å². The van der Waals surface area contributed by atoms with Gasteiger partial charge in [0.05, 0.1) is 10.6 Å². The summed E-state index contributed by atoms with van der Waals surface area (Å²) in [4.78, 5) is 21.1. The van der Waals surface area contributed by atoms with Crippen molar-refractivity contribution in [2.75, 3.05) is 0 Å². The minimum absolute atomic E-state index is 0.244. The number of hydrogen-bond donors (Lipinski definition) is 0. The van der Waals surface area contributed by atoms with Crippen LogP contribution in [0.3, 0.4) is 0 Å². The number of nitrogens with zero attached hydrogens (tertiary/aromatic N) is 2. The molecule has 4 heteroatoms. The number of thiazole rings is 1. The molecule has 2 aromatic heterocycles. The molecular formula is C12H10N2OS. The van der Waals surface area contributed by atoms with Gasteiger partial charge in [0.25, 0.3) is 0 Å². The van der Waals surface area contributed by atoms with Gasteiger partial charge in [0.2, 0.25) is 0 Å². The third-order valence-corrected chi connectivity index (χ3v) is 3.86. The topological polar surface area (TPSA) is 42.9 Å². The van der Waals surface area contributed by atoms with Crippen LogP contribution in [0.2, 0.25) is 0 Å². The highest BCUT2D eigenvalue weighted by atomic mass is 32.1. The molecule has 3 rings (SSSR count). The van der Waals surface area contributed by atoms with Gasteiger partial charge in [0.1, 0.15) is 5.01 Å². The van der Waals surface area contributed by atoms with Crippen LogP contribution in [0.4, 0.5) is 0 Å². The summed E-state index contributed by atoms with van der Waals surface area (Å²) in [5.74, 6) is 0.244. The maximum Gasteiger partial charge on any atom is 0.174 e. The Balaban J connectivity index is 2.08. The molecule has 0 radical (unpaired) electrons. The fourth-order valence-electron chi connectivity index (χ4n) is 1.88. The Labute approximate surface area is 97.2 Å². The Kier molecular flexibility index (Phi) is 2.29. The number of rotatable bonds is 1. The summed E-state index contributed by atoms with van der Waals surface area (Å²) in [6, 6.07) is 3.86. The monoisotopic (exact) mass is 230 g/mol. The first-order valence-corrected chi connectivity index (χ1v) is 6.09. The molecule has 80 valence electrons. The second kappa shape index (κ2) is 3.79. The van der Waals surface area contributed by atoms with E-state index < -0.39 is 0 Å². The van der Waals surface area contributed by atoms with E-state index in [1.54, 1.807) is 12.4 Å². The molecule has 1 aliphatic carbocycles. The first kappa shape index (κ1) is 9.66. The minimum atomic E-state index is 0.244. The second-order valence-electron chi connectivity index (χ2n) is 3.81. The fourth-order valence-corrected chi connectivity index (χ4v) is 2.95. The Hall–Kier alpha value is -1.55. The summed E-state index contributed by atoms with van der Waals surface area (Å²) in [6.07, 6.45) is 6.05. The molecule has 0 fully saturated rings. The van der Waals surface area contributed by atoms with Crippen molar-refractivity contribution in [3.05, 3.63) is 35.1 Å². The molecule has 0 saturated carbocycles.